The fourth-order valence-electron chi connectivity index (χ4n) is 7.41. The van der Waals surface area contributed by atoms with Crippen molar-refractivity contribution in [1.29, 1.82) is 0 Å². The third-order valence-corrected chi connectivity index (χ3v) is 10.0. The van der Waals surface area contributed by atoms with E-state index in [1.54, 1.807) is 13.2 Å². The van der Waals surface area contributed by atoms with Crippen LogP contribution in [0.2, 0.25) is 0 Å². The van der Waals surface area contributed by atoms with Gasteiger partial charge >= 0.3 is 0 Å². The molecular weight excluding hydrogens is 390 g/mol. The van der Waals surface area contributed by atoms with E-state index >= 15 is 0 Å². The molecule has 5 heteroatoms. The van der Waals surface area contributed by atoms with Crippen LogP contribution >= 0.6 is 0 Å². The summed E-state index contributed by atoms with van der Waals surface area (Å²) in [4.78, 5) is 0. The van der Waals surface area contributed by atoms with Crippen LogP contribution in [-0.2, 0) is 16.6 Å². The lowest BCUT2D eigenvalue weighted by Crippen LogP contribution is -2.75. The Morgan fingerprint density at radius 1 is 1.19 bits per heavy atom. The Morgan fingerprint density at radius 2 is 1.94 bits per heavy atom. The van der Waals surface area contributed by atoms with E-state index in [1.165, 1.54) is 11.1 Å². The lowest BCUT2D eigenvalue weighted by Gasteiger charge is -2.66. The first-order chi connectivity index (χ1) is 14.4. The fraction of sp³-hybridized carbons (Fsp3) is 0.769. The Balaban J connectivity index is 1.69. The lowest BCUT2D eigenvalue weighted by atomic mass is 9.40. The third kappa shape index (κ3) is 2.54. The maximum atomic E-state index is 11.4. The summed E-state index contributed by atoms with van der Waals surface area (Å²) in [5.41, 5.74) is 0.932. The first kappa shape index (κ1) is 21.5. The van der Waals surface area contributed by atoms with Crippen LogP contribution in [0.25, 0.3) is 0 Å². The first-order valence-electron chi connectivity index (χ1n) is 11.9. The van der Waals surface area contributed by atoms with Gasteiger partial charge in [0.2, 0.25) is 0 Å². The van der Waals surface area contributed by atoms with E-state index in [2.05, 4.69) is 39.1 Å². The minimum absolute atomic E-state index is 0.0325. The van der Waals surface area contributed by atoms with Crippen molar-refractivity contribution >= 4 is 0 Å². The standard InChI is InChI=1S/C26H39NO4/c1-22(2,3)24(5,29)10-12-25-11-9-23(4,30-6)21-26(25)13-14-27-18(25)15-16-7-8-17(28)20(31-21)19(16)26/h7-8,18,21,27-29H,9-15H2,1-6H3/t18-,21+,23?,24+,25-,26+/m1/s1. The number of nitrogens with one attached hydrogen (secondary N) is 1. The van der Waals surface area contributed by atoms with Crippen LogP contribution in [0.1, 0.15) is 77.8 Å². The van der Waals surface area contributed by atoms with Gasteiger partial charge in [-0.3, -0.25) is 0 Å². The van der Waals surface area contributed by atoms with E-state index in [0.29, 0.717) is 11.8 Å². The summed E-state index contributed by atoms with van der Waals surface area (Å²) in [5.74, 6) is 0.925. The highest BCUT2D eigenvalue weighted by Crippen LogP contribution is 2.71. The molecule has 172 valence electrons. The molecule has 1 spiro atoms. The summed E-state index contributed by atoms with van der Waals surface area (Å²) in [6.45, 7) is 11.5. The quantitative estimate of drug-likeness (QED) is 0.673. The zero-order chi connectivity index (χ0) is 22.4. The van der Waals surface area contributed by atoms with E-state index in [0.717, 1.165) is 45.1 Å². The van der Waals surface area contributed by atoms with Gasteiger partial charge in [-0.05, 0) is 81.4 Å². The summed E-state index contributed by atoms with van der Waals surface area (Å²) < 4.78 is 12.8. The number of phenols is 1. The normalized spacial score (nSPS) is 40.1. The molecule has 0 amide bonds. The van der Waals surface area contributed by atoms with Gasteiger partial charge in [0.1, 0.15) is 11.7 Å². The zero-order valence-corrected chi connectivity index (χ0v) is 20.0. The number of benzene rings is 1. The Hall–Kier alpha value is -1.30. The molecule has 2 heterocycles. The van der Waals surface area contributed by atoms with Gasteiger partial charge in [0.05, 0.1) is 5.60 Å². The van der Waals surface area contributed by atoms with E-state index in [1.807, 2.05) is 6.92 Å². The summed E-state index contributed by atoms with van der Waals surface area (Å²) >= 11 is 0. The molecule has 31 heavy (non-hydrogen) atoms. The molecule has 2 fully saturated rings. The molecule has 1 unspecified atom stereocenters. The van der Waals surface area contributed by atoms with Crippen molar-refractivity contribution in [2.45, 2.75) is 102 Å². The Bertz CT molecular complexity index is 905. The number of hydrogen-bond acceptors (Lipinski definition) is 5. The molecule has 1 aromatic rings. The highest BCUT2D eigenvalue weighted by atomic mass is 16.6. The van der Waals surface area contributed by atoms with Gasteiger partial charge in [-0.25, -0.2) is 0 Å². The molecule has 2 aliphatic heterocycles. The van der Waals surface area contributed by atoms with Gasteiger partial charge in [0.25, 0.3) is 0 Å². The second kappa shape index (κ2) is 6.39. The maximum Gasteiger partial charge on any atom is 0.165 e. The number of methoxy groups -OCH3 is 1. The van der Waals surface area contributed by atoms with Crippen LogP contribution < -0.4 is 10.1 Å². The van der Waals surface area contributed by atoms with Crippen molar-refractivity contribution in [3.8, 4) is 11.5 Å². The smallest absolute Gasteiger partial charge is 0.165 e. The van der Waals surface area contributed by atoms with Crippen molar-refractivity contribution in [1.82, 2.24) is 5.32 Å². The molecule has 1 saturated carbocycles. The monoisotopic (exact) mass is 429 g/mol. The Morgan fingerprint density at radius 3 is 2.61 bits per heavy atom. The molecule has 5 nitrogen and oxygen atoms in total. The van der Waals surface area contributed by atoms with Crippen molar-refractivity contribution in [3.63, 3.8) is 0 Å². The zero-order valence-electron chi connectivity index (χ0n) is 20.0. The number of rotatable bonds is 4. The minimum atomic E-state index is -0.758. The molecule has 1 aromatic carbocycles. The summed E-state index contributed by atoms with van der Waals surface area (Å²) in [7, 11) is 1.79. The van der Waals surface area contributed by atoms with Gasteiger partial charge in [0, 0.05) is 24.1 Å². The van der Waals surface area contributed by atoms with E-state index in [-0.39, 0.29) is 28.1 Å². The fourth-order valence-corrected chi connectivity index (χ4v) is 7.41. The lowest BCUT2D eigenvalue weighted by molar-refractivity contribution is -0.192. The number of piperidine rings is 1. The predicted molar refractivity (Wildman–Crippen MR) is 121 cm³/mol. The van der Waals surface area contributed by atoms with Gasteiger partial charge in [-0.15, -0.1) is 0 Å². The van der Waals surface area contributed by atoms with Gasteiger partial charge in [-0.1, -0.05) is 26.8 Å². The highest BCUT2D eigenvalue weighted by molar-refractivity contribution is 5.62. The number of ether oxygens (including phenoxy) is 2. The molecule has 0 aromatic heterocycles. The maximum absolute atomic E-state index is 11.4. The second-order valence-electron chi connectivity index (χ2n) is 12.1. The molecule has 5 rings (SSSR count). The van der Waals surface area contributed by atoms with Crippen molar-refractivity contribution in [3.05, 3.63) is 23.3 Å². The number of hydrogen-bond donors (Lipinski definition) is 3. The second-order valence-corrected chi connectivity index (χ2v) is 12.1. The molecule has 2 bridgehead atoms. The SMILES string of the molecule is COC1(C)CC[C@@]2(CC[C@](C)(O)C(C)(C)C)[C@H]3Cc4ccc(O)c5c4[C@@]2(CCN3)[C@H]1O5. The summed E-state index contributed by atoms with van der Waals surface area (Å²) in [6, 6.07) is 4.22. The Kier molecular flexibility index (Phi) is 4.44. The van der Waals surface area contributed by atoms with Gasteiger partial charge < -0.3 is 25.0 Å². The molecule has 2 aliphatic carbocycles. The Labute approximate surface area is 186 Å². The molecular formula is C26H39NO4. The van der Waals surface area contributed by atoms with Gasteiger partial charge in [-0.2, -0.15) is 0 Å². The third-order valence-electron chi connectivity index (χ3n) is 10.0. The molecule has 6 atom stereocenters. The average molecular weight is 430 g/mol. The van der Waals surface area contributed by atoms with E-state index in [4.69, 9.17) is 9.47 Å². The summed E-state index contributed by atoms with van der Waals surface area (Å²) in [5, 5.41) is 26.0. The topological polar surface area (TPSA) is 71.0 Å². The molecule has 3 N–H and O–H groups in total. The van der Waals surface area contributed by atoms with Crippen LogP contribution in [0.3, 0.4) is 0 Å². The van der Waals surface area contributed by atoms with Gasteiger partial charge in [0.15, 0.2) is 11.5 Å². The van der Waals surface area contributed by atoms with Crippen LogP contribution in [0, 0.1) is 10.8 Å². The van der Waals surface area contributed by atoms with E-state index in [9.17, 15) is 10.2 Å². The van der Waals surface area contributed by atoms with Crippen LogP contribution in [0.4, 0.5) is 0 Å². The van der Waals surface area contributed by atoms with E-state index < -0.39 is 11.2 Å². The summed E-state index contributed by atoms with van der Waals surface area (Å²) in [6.07, 6.45) is 5.40. The van der Waals surface area contributed by atoms with Crippen molar-refractivity contribution in [2.75, 3.05) is 13.7 Å². The minimum Gasteiger partial charge on any atom is -0.504 e. The molecule has 0 radical (unpaired) electrons. The molecule has 4 aliphatic rings. The largest absolute Gasteiger partial charge is 0.504 e. The first-order valence-corrected chi connectivity index (χ1v) is 11.9. The average Bonchev–Trinajstić information content (AvgIpc) is 3.05. The van der Waals surface area contributed by atoms with Crippen molar-refractivity contribution in [2.24, 2.45) is 10.8 Å². The van der Waals surface area contributed by atoms with Crippen LogP contribution in [-0.4, -0.2) is 47.2 Å². The highest BCUT2D eigenvalue weighted by Gasteiger charge is 2.74. The number of aliphatic hydroxyl groups is 1. The number of phenolic OH excluding ortho intramolecular Hbond substituents is 1. The number of aromatic hydroxyl groups is 1. The van der Waals surface area contributed by atoms with Crippen molar-refractivity contribution < 1.29 is 19.7 Å². The van der Waals surface area contributed by atoms with Crippen LogP contribution in [0.15, 0.2) is 12.1 Å². The molecule has 1 saturated heterocycles. The van der Waals surface area contributed by atoms with Crippen LogP contribution in [0.5, 0.6) is 11.5 Å². The predicted octanol–water partition coefficient (Wildman–Crippen LogP) is 4.07.